The molecular formula is C13H11Cl3N2. The number of anilines is 2. The summed E-state index contributed by atoms with van der Waals surface area (Å²) in [6.07, 6.45) is 0. The van der Waals surface area contributed by atoms with Gasteiger partial charge in [0.05, 0.1) is 10.7 Å². The fraction of sp³-hybridized carbons (Fsp3) is 0.0769. The van der Waals surface area contributed by atoms with Crippen molar-refractivity contribution in [2.24, 2.45) is 0 Å². The van der Waals surface area contributed by atoms with Crippen LogP contribution in [0.2, 0.25) is 5.02 Å². The summed E-state index contributed by atoms with van der Waals surface area (Å²) in [4.78, 5) is 0. The molecule has 0 spiro atoms. The standard InChI is InChI=1S/C13H11Cl3N2/c14-11-7-9(3-6-12(11)18)13(15,16)8-1-4-10(17)5-2-8/h1-7H,17-18H2. The third-order valence-corrected chi connectivity index (χ3v) is 3.84. The molecule has 0 atom stereocenters. The number of benzene rings is 2. The summed E-state index contributed by atoms with van der Waals surface area (Å²) in [5.74, 6) is 0. The average molecular weight is 302 g/mol. The van der Waals surface area contributed by atoms with Crippen LogP contribution in [0, 0.1) is 0 Å². The minimum absolute atomic E-state index is 0.425. The number of nitrogen functional groups attached to an aromatic ring is 2. The number of halogens is 3. The lowest BCUT2D eigenvalue weighted by molar-refractivity contribution is 1.04. The molecular weight excluding hydrogens is 291 g/mol. The molecule has 2 rings (SSSR count). The first-order valence-electron chi connectivity index (χ1n) is 5.20. The highest BCUT2D eigenvalue weighted by molar-refractivity contribution is 6.50. The summed E-state index contributed by atoms with van der Waals surface area (Å²) in [6.45, 7) is 0. The van der Waals surface area contributed by atoms with Crippen LogP contribution >= 0.6 is 34.8 Å². The highest BCUT2D eigenvalue weighted by atomic mass is 35.5. The van der Waals surface area contributed by atoms with Gasteiger partial charge in [-0.05, 0) is 35.4 Å². The topological polar surface area (TPSA) is 52.0 Å². The molecule has 0 heterocycles. The third kappa shape index (κ3) is 2.51. The van der Waals surface area contributed by atoms with Crippen molar-refractivity contribution >= 4 is 46.2 Å². The Labute approximate surface area is 120 Å². The quantitative estimate of drug-likeness (QED) is 0.645. The van der Waals surface area contributed by atoms with Crippen molar-refractivity contribution in [3.8, 4) is 0 Å². The number of rotatable bonds is 2. The molecule has 0 bridgehead atoms. The monoisotopic (exact) mass is 300 g/mol. The molecule has 0 aromatic heterocycles. The molecule has 0 amide bonds. The van der Waals surface area contributed by atoms with Crippen LogP contribution < -0.4 is 11.5 Å². The van der Waals surface area contributed by atoms with Gasteiger partial charge in [-0.2, -0.15) is 0 Å². The van der Waals surface area contributed by atoms with Crippen molar-refractivity contribution in [3.63, 3.8) is 0 Å². The van der Waals surface area contributed by atoms with Gasteiger partial charge in [-0.25, -0.2) is 0 Å². The fourth-order valence-corrected chi connectivity index (χ4v) is 2.25. The van der Waals surface area contributed by atoms with Crippen LogP contribution in [0.3, 0.4) is 0 Å². The Morgan fingerprint density at radius 3 is 1.94 bits per heavy atom. The van der Waals surface area contributed by atoms with Crippen molar-refractivity contribution in [1.82, 2.24) is 0 Å². The molecule has 5 heteroatoms. The van der Waals surface area contributed by atoms with E-state index in [0.29, 0.717) is 22.0 Å². The summed E-state index contributed by atoms with van der Waals surface area (Å²) in [5.41, 5.74) is 13.8. The van der Waals surface area contributed by atoms with Crippen molar-refractivity contribution in [2.45, 2.75) is 4.33 Å². The Kier molecular flexibility index (Phi) is 3.62. The van der Waals surface area contributed by atoms with E-state index in [1.807, 2.05) is 0 Å². The summed E-state index contributed by atoms with van der Waals surface area (Å²) < 4.78 is -1.19. The van der Waals surface area contributed by atoms with Crippen molar-refractivity contribution in [1.29, 1.82) is 0 Å². The van der Waals surface area contributed by atoms with E-state index in [2.05, 4.69) is 0 Å². The molecule has 18 heavy (non-hydrogen) atoms. The Morgan fingerprint density at radius 2 is 1.39 bits per heavy atom. The van der Waals surface area contributed by atoms with E-state index in [4.69, 9.17) is 46.3 Å². The minimum atomic E-state index is -1.19. The van der Waals surface area contributed by atoms with Crippen LogP contribution in [0.25, 0.3) is 0 Å². The van der Waals surface area contributed by atoms with Gasteiger partial charge in [0.25, 0.3) is 0 Å². The Morgan fingerprint density at radius 1 is 0.833 bits per heavy atom. The van der Waals surface area contributed by atoms with E-state index < -0.39 is 4.33 Å². The second-order valence-corrected chi connectivity index (χ2v) is 5.67. The van der Waals surface area contributed by atoms with E-state index in [1.54, 1.807) is 42.5 Å². The molecule has 2 aromatic carbocycles. The van der Waals surface area contributed by atoms with E-state index in [9.17, 15) is 0 Å². The molecule has 0 saturated heterocycles. The fourth-order valence-electron chi connectivity index (χ4n) is 1.58. The summed E-state index contributed by atoms with van der Waals surface area (Å²) >= 11 is 18.7. The van der Waals surface area contributed by atoms with Gasteiger partial charge in [0.15, 0.2) is 4.33 Å². The molecule has 0 unspecified atom stereocenters. The number of hydrogen-bond acceptors (Lipinski definition) is 2. The molecule has 2 aromatic rings. The van der Waals surface area contributed by atoms with Gasteiger partial charge in [-0.15, -0.1) is 0 Å². The predicted octanol–water partition coefficient (Wildman–Crippen LogP) is 4.18. The first kappa shape index (κ1) is 13.3. The Bertz CT molecular complexity index is 565. The van der Waals surface area contributed by atoms with Gasteiger partial charge in [-0.3, -0.25) is 0 Å². The van der Waals surface area contributed by atoms with Gasteiger partial charge in [0, 0.05) is 5.69 Å². The average Bonchev–Trinajstić information content (AvgIpc) is 2.33. The molecule has 94 valence electrons. The first-order chi connectivity index (χ1) is 8.41. The zero-order chi connectivity index (χ0) is 13.3. The molecule has 0 aliphatic rings. The molecule has 0 aliphatic heterocycles. The maximum absolute atomic E-state index is 6.39. The van der Waals surface area contributed by atoms with Gasteiger partial charge < -0.3 is 11.5 Å². The van der Waals surface area contributed by atoms with Crippen LogP contribution in [-0.4, -0.2) is 0 Å². The molecule has 0 aliphatic carbocycles. The van der Waals surface area contributed by atoms with Crippen LogP contribution in [-0.2, 0) is 4.33 Å². The normalized spacial score (nSPS) is 11.5. The molecule has 0 radical (unpaired) electrons. The van der Waals surface area contributed by atoms with Gasteiger partial charge in [0.1, 0.15) is 0 Å². The smallest absolute Gasteiger partial charge is 0.168 e. The maximum atomic E-state index is 6.39. The predicted molar refractivity (Wildman–Crippen MR) is 79.2 cm³/mol. The zero-order valence-corrected chi connectivity index (χ0v) is 11.6. The summed E-state index contributed by atoms with van der Waals surface area (Å²) in [6, 6.07) is 12.1. The van der Waals surface area contributed by atoms with Gasteiger partial charge in [-0.1, -0.05) is 53.0 Å². The number of hydrogen-bond donors (Lipinski definition) is 2. The van der Waals surface area contributed by atoms with Crippen molar-refractivity contribution in [3.05, 3.63) is 58.6 Å². The van der Waals surface area contributed by atoms with Crippen LogP contribution in [0.1, 0.15) is 11.1 Å². The Hall–Kier alpha value is -1.09. The minimum Gasteiger partial charge on any atom is -0.399 e. The molecule has 2 nitrogen and oxygen atoms in total. The molecule has 0 saturated carbocycles. The summed E-state index contributed by atoms with van der Waals surface area (Å²) in [7, 11) is 0. The van der Waals surface area contributed by atoms with E-state index >= 15 is 0 Å². The lowest BCUT2D eigenvalue weighted by Gasteiger charge is -2.21. The van der Waals surface area contributed by atoms with Crippen LogP contribution in [0.4, 0.5) is 11.4 Å². The van der Waals surface area contributed by atoms with Gasteiger partial charge >= 0.3 is 0 Å². The highest BCUT2D eigenvalue weighted by Gasteiger charge is 2.29. The van der Waals surface area contributed by atoms with Gasteiger partial charge in [0.2, 0.25) is 0 Å². The highest BCUT2D eigenvalue weighted by Crippen LogP contribution is 2.42. The Balaban J connectivity index is 2.46. The first-order valence-corrected chi connectivity index (χ1v) is 6.34. The maximum Gasteiger partial charge on any atom is 0.168 e. The number of alkyl halides is 2. The SMILES string of the molecule is Nc1ccc(C(Cl)(Cl)c2ccc(N)c(Cl)c2)cc1. The van der Waals surface area contributed by atoms with E-state index in [-0.39, 0.29) is 0 Å². The molecule has 4 N–H and O–H groups in total. The third-order valence-electron chi connectivity index (χ3n) is 2.64. The second-order valence-electron chi connectivity index (χ2n) is 3.93. The summed E-state index contributed by atoms with van der Waals surface area (Å²) in [5, 5.41) is 0.425. The van der Waals surface area contributed by atoms with Crippen LogP contribution in [0.5, 0.6) is 0 Å². The lowest BCUT2D eigenvalue weighted by Crippen LogP contribution is -2.12. The zero-order valence-electron chi connectivity index (χ0n) is 9.33. The van der Waals surface area contributed by atoms with Crippen molar-refractivity contribution < 1.29 is 0 Å². The second kappa shape index (κ2) is 4.88. The van der Waals surface area contributed by atoms with E-state index in [1.165, 1.54) is 0 Å². The molecule has 0 fully saturated rings. The lowest BCUT2D eigenvalue weighted by atomic mass is 10.0. The number of nitrogens with two attached hydrogens (primary N) is 2. The van der Waals surface area contributed by atoms with E-state index in [0.717, 1.165) is 5.56 Å². The van der Waals surface area contributed by atoms with Crippen molar-refractivity contribution in [2.75, 3.05) is 11.5 Å². The largest absolute Gasteiger partial charge is 0.399 e. The van der Waals surface area contributed by atoms with Crippen LogP contribution in [0.15, 0.2) is 42.5 Å².